The van der Waals surface area contributed by atoms with Crippen LogP contribution in [0.15, 0.2) is 12.2 Å². The van der Waals surface area contributed by atoms with Crippen LogP contribution in [0.3, 0.4) is 0 Å². The van der Waals surface area contributed by atoms with Crippen molar-refractivity contribution in [1.82, 2.24) is 10.2 Å². The van der Waals surface area contributed by atoms with Crippen LogP contribution in [0.1, 0.15) is 67.7 Å². The Bertz CT molecular complexity index is 432. The van der Waals surface area contributed by atoms with E-state index in [9.17, 15) is 9.59 Å². The van der Waals surface area contributed by atoms with Crippen LogP contribution in [0.25, 0.3) is 0 Å². The van der Waals surface area contributed by atoms with Gasteiger partial charge in [0.1, 0.15) is 0 Å². The first kappa shape index (κ1) is 17.9. The number of rotatable bonds is 6. The van der Waals surface area contributed by atoms with Gasteiger partial charge in [-0.2, -0.15) is 0 Å². The largest absolute Gasteiger partial charge is 0.307 e. The van der Waals surface area contributed by atoms with E-state index >= 15 is 0 Å². The van der Waals surface area contributed by atoms with Crippen molar-refractivity contribution >= 4 is 11.8 Å². The van der Waals surface area contributed by atoms with Gasteiger partial charge in [0.25, 0.3) is 11.8 Å². The molecule has 0 saturated heterocycles. The minimum absolute atomic E-state index is 0.0172. The lowest BCUT2D eigenvalue weighted by atomic mass is 9.78. The first-order valence-electron chi connectivity index (χ1n) is 7.82. The van der Waals surface area contributed by atoms with Crippen molar-refractivity contribution in [2.24, 2.45) is 0 Å². The summed E-state index contributed by atoms with van der Waals surface area (Å²) in [6, 6.07) is 0. The first-order chi connectivity index (χ1) is 9.46. The van der Waals surface area contributed by atoms with E-state index < -0.39 is 5.54 Å². The number of imide groups is 1. The summed E-state index contributed by atoms with van der Waals surface area (Å²) < 4.78 is 0. The highest BCUT2D eigenvalue weighted by Gasteiger charge is 2.44. The van der Waals surface area contributed by atoms with Gasteiger partial charge in [-0.1, -0.05) is 13.8 Å². The van der Waals surface area contributed by atoms with Crippen molar-refractivity contribution in [2.45, 2.75) is 84.3 Å². The third kappa shape index (κ3) is 4.16. The van der Waals surface area contributed by atoms with Crippen LogP contribution in [-0.2, 0) is 9.59 Å². The molecule has 1 aliphatic heterocycles. The molecule has 1 rings (SSSR count). The fourth-order valence-corrected chi connectivity index (χ4v) is 3.30. The van der Waals surface area contributed by atoms with Crippen LogP contribution in [0.4, 0.5) is 0 Å². The number of nitrogens with one attached hydrogen (secondary N) is 1. The second-order valence-corrected chi connectivity index (χ2v) is 7.66. The molecule has 2 amide bonds. The molecule has 1 heterocycles. The topological polar surface area (TPSA) is 49.4 Å². The van der Waals surface area contributed by atoms with Crippen molar-refractivity contribution in [1.29, 1.82) is 0 Å². The molecule has 1 N–H and O–H groups in total. The molecule has 0 aromatic rings. The Morgan fingerprint density at radius 3 is 1.76 bits per heavy atom. The van der Waals surface area contributed by atoms with E-state index in [-0.39, 0.29) is 22.9 Å². The predicted octanol–water partition coefficient (Wildman–Crippen LogP) is 3.03. The average molecular weight is 294 g/mol. The zero-order valence-electron chi connectivity index (χ0n) is 14.5. The van der Waals surface area contributed by atoms with Gasteiger partial charge in [-0.15, -0.1) is 0 Å². The Hall–Kier alpha value is -1.16. The highest BCUT2D eigenvalue weighted by molar-refractivity contribution is 6.13. The summed E-state index contributed by atoms with van der Waals surface area (Å²) in [4.78, 5) is 25.5. The SMILES string of the molecule is CCC(C)(CC(C)(CC)N1C(=O)C=CC1=O)NC(C)(C)C. The van der Waals surface area contributed by atoms with Gasteiger partial charge in [0.05, 0.1) is 0 Å². The van der Waals surface area contributed by atoms with Crippen LogP contribution in [-0.4, -0.2) is 33.3 Å². The molecular weight excluding hydrogens is 264 g/mol. The van der Waals surface area contributed by atoms with E-state index in [4.69, 9.17) is 0 Å². The van der Waals surface area contributed by atoms with E-state index in [0.29, 0.717) is 0 Å². The summed E-state index contributed by atoms with van der Waals surface area (Å²) in [5, 5.41) is 3.66. The lowest BCUT2D eigenvalue weighted by Gasteiger charge is -2.46. The smallest absolute Gasteiger partial charge is 0.254 e. The van der Waals surface area contributed by atoms with Gasteiger partial charge < -0.3 is 5.32 Å². The van der Waals surface area contributed by atoms with Crippen LogP contribution >= 0.6 is 0 Å². The van der Waals surface area contributed by atoms with Crippen molar-refractivity contribution in [3.63, 3.8) is 0 Å². The first-order valence-corrected chi connectivity index (χ1v) is 7.82. The molecule has 0 aliphatic carbocycles. The molecule has 21 heavy (non-hydrogen) atoms. The Kier molecular flexibility index (Phi) is 5.04. The molecule has 0 saturated carbocycles. The molecule has 0 radical (unpaired) electrons. The molecule has 120 valence electrons. The van der Waals surface area contributed by atoms with Crippen molar-refractivity contribution in [3.05, 3.63) is 12.2 Å². The van der Waals surface area contributed by atoms with Crippen LogP contribution in [0, 0.1) is 0 Å². The number of hydrogen-bond donors (Lipinski definition) is 1. The quantitative estimate of drug-likeness (QED) is 0.766. The molecular formula is C17H30N2O2. The molecule has 0 fully saturated rings. The number of hydrogen-bond acceptors (Lipinski definition) is 3. The van der Waals surface area contributed by atoms with Gasteiger partial charge >= 0.3 is 0 Å². The number of amides is 2. The third-order valence-electron chi connectivity index (χ3n) is 4.34. The second-order valence-electron chi connectivity index (χ2n) is 7.66. The second kappa shape index (κ2) is 5.91. The summed E-state index contributed by atoms with van der Waals surface area (Å²) in [5.41, 5.74) is -0.622. The van der Waals surface area contributed by atoms with Crippen molar-refractivity contribution < 1.29 is 9.59 Å². The Morgan fingerprint density at radius 2 is 1.43 bits per heavy atom. The van der Waals surface area contributed by atoms with Crippen LogP contribution < -0.4 is 5.32 Å². The van der Waals surface area contributed by atoms with E-state index in [1.807, 2.05) is 13.8 Å². The van der Waals surface area contributed by atoms with Gasteiger partial charge in [0.2, 0.25) is 0 Å². The number of carbonyl (C=O) groups excluding carboxylic acids is 2. The molecule has 0 aromatic carbocycles. The Morgan fingerprint density at radius 1 is 0.952 bits per heavy atom. The summed E-state index contributed by atoms with van der Waals surface area (Å²) >= 11 is 0. The van der Waals surface area contributed by atoms with Crippen molar-refractivity contribution in [3.8, 4) is 0 Å². The zero-order valence-corrected chi connectivity index (χ0v) is 14.5. The molecule has 4 heteroatoms. The minimum Gasteiger partial charge on any atom is -0.307 e. The predicted molar refractivity (Wildman–Crippen MR) is 85.9 cm³/mol. The van der Waals surface area contributed by atoms with Gasteiger partial charge in [-0.25, -0.2) is 0 Å². The van der Waals surface area contributed by atoms with Gasteiger partial charge in [-0.05, 0) is 53.9 Å². The lowest BCUT2D eigenvalue weighted by Crippen LogP contribution is -2.59. The molecule has 4 nitrogen and oxygen atoms in total. The summed E-state index contributed by atoms with van der Waals surface area (Å²) in [6.45, 7) is 14.8. The minimum atomic E-state index is -0.472. The molecule has 0 bridgehead atoms. The van der Waals surface area contributed by atoms with Crippen LogP contribution in [0.2, 0.25) is 0 Å². The lowest BCUT2D eigenvalue weighted by molar-refractivity contribution is -0.144. The summed E-state index contributed by atoms with van der Waals surface area (Å²) in [7, 11) is 0. The van der Waals surface area contributed by atoms with Gasteiger partial charge in [0, 0.05) is 28.8 Å². The monoisotopic (exact) mass is 294 g/mol. The number of nitrogens with zero attached hydrogens (tertiary/aromatic N) is 1. The van der Waals surface area contributed by atoms with Gasteiger partial charge in [0.15, 0.2) is 0 Å². The molecule has 0 spiro atoms. The molecule has 2 unspecified atom stereocenters. The highest BCUT2D eigenvalue weighted by Crippen LogP contribution is 2.34. The Balaban J connectivity index is 3.03. The van der Waals surface area contributed by atoms with Crippen molar-refractivity contribution in [2.75, 3.05) is 0 Å². The zero-order chi connectivity index (χ0) is 16.5. The van der Waals surface area contributed by atoms with E-state index in [1.54, 1.807) is 0 Å². The maximum absolute atomic E-state index is 12.0. The van der Waals surface area contributed by atoms with Gasteiger partial charge in [-0.3, -0.25) is 14.5 Å². The number of carbonyl (C=O) groups is 2. The fourth-order valence-electron chi connectivity index (χ4n) is 3.30. The van der Waals surface area contributed by atoms with E-state index in [2.05, 4.69) is 39.9 Å². The summed E-state index contributed by atoms with van der Waals surface area (Å²) in [5.74, 6) is -0.392. The standard InChI is InChI=1S/C17H30N2O2/c1-8-16(6,18-15(3,4)5)12-17(7,9-2)19-13(20)10-11-14(19)21/h10-11,18H,8-9,12H2,1-7H3. The Labute approximate surface area is 129 Å². The maximum Gasteiger partial charge on any atom is 0.254 e. The molecule has 2 atom stereocenters. The maximum atomic E-state index is 12.0. The molecule has 0 aromatic heterocycles. The summed E-state index contributed by atoms with van der Waals surface area (Å²) in [6.07, 6.45) is 5.16. The fraction of sp³-hybridized carbons (Fsp3) is 0.765. The highest BCUT2D eigenvalue weighted by atomic mass is 16.2. The molecule has 1 aliphatic rings. The van der Waals surface area contributed by atoms with E-state index in [1.165, 1.54) is 17.1 Å². The van der Waals surface area contributed by atoms with E-state index in [0.717, 1.165) is 19.3 Å². The normalized spacial score (nSPS) is 21.6. The average Bonchev–Trinajstić information content (AvgIpc) is 2.67. The van der Waals surface area contributed by atoms with Crippen LogP contribution in [0.5, 0.6) is 0 Å². The third-order valence-corrected chi connectivity index (χ3v) is 4.34.